The van der Waals surface area contributed by atoms with Crippen LogP contribution in [0, 0.1) is 0 Å². The molecule has 0 atom stereocenters. The third-order valence-electron chi connectivity index (χ3n) is 3.36. The summed E-state index contributed by atoms with van der Waals surface area (Å²) in [4.78, 5) is 0. The Morgan fingerprint density at radius 1 is 1.19 bits per heavy atom. The molecule has 0 amide bonds. The Kier molecular flexibility index (Phi) is 6.69. The van der Waals surface area contributed by atoms with Crippen molar-refractivity contribution in [2.45, 2.75) is 13.1 Å². The van der Waals surface area contributed by atoms with Crippen LogP contribution < -0.4 is 5.32 Å². The monoisotopic (exact) mass is 292 g/mol. The lowest BCUT2D eigenvalue weighted by atomic mass is 10.1. The summed E-state index contributed by atoms with van der Waals surface area (Å²) in [5, 5.41) is 13.3. The Morgan fingerprint density at radius 3 is 2.90 bits per heavy atom. The number of aliphatic hydroxyl groups excluding tert-OH is 1. The largest absolute Gasteiger partial charge is 0.394 e. The summed E-state index contributed by atoms with van der Waals surface area (Å²) in [5.74, 6) is 0. The van der Waals surface area contributed by atoms with Gasteiger partial charge in [0.05, 0.1) is 26.4 Å². The number of hydrogen-bond donors (Lipinski definition) is 2. The second-order valence-corrected chi connectivity index (χ2v) is 4.91. The SMILES string of the molecule is COCCNCc1ccc2ccn(CCOCCO)c2c1. The average Bonchev–Trinajstić information content (AvgIpc) is 2.91. The van der Waals surface area contributed by atoms with Gasteiger partial charge in [0.25, 0.3) is 0 Å². The minimum atomic E-state index is 0.0731. The molecule has 1 aromatic heterocycles. The maximum absolute atomic E-state index is 8.70. The first-order valence-corrected chi connectivity index (χ1v) is 7.31. The number of ether oxygens (including phenoxy) is 2. The number of methoxy groups -OCH3 is 1. The molecule has 1 aromatic carbocycles. The summed E-state index contributed by atoms with van der Waals surface area (Å²) in [6.07, 6.45) is 2.08. The quantitative estimate of drug-likeness (QED) is 0.650. The predicted molar refractivity (Wildman–Crippen MR) is 83.4 cm³/mol. The average molecular weight is 292 g/mol. The van der Waals surface area contributed by atoms with Crippen molar-refractivity contribution < 1.29 is 14.6 Å². The van der Waals surface area contributed by atoms with Crippen molar-refractivity contribution in [3.63, 3.8) is 0 Å². The Labute approximate surface area is 125 Å². The van der Waals surface area contributed by atoms with Gasteiger partial charge in [-0.3, -0.25) is 0 Å². The van der Waals surface area contributed by atoms with E-state index in [0.717, 1.165) is 26.2 Å². The molecular weight excluding hydrogens is 268 g/mol. The van der Waals surface area contributed by atoms with Gasteiger partial charge in [-0.1, -0.05) is 12.1 Å². The number of fused-ring (bicyclic) bond motifs is 1. The van der Waals surface area contributed by atoms with Crippen LogP contribution in [0.1, 0.15) is 5.56 Å². The Balaban J connectivity index is 1.95. The molecule has 0 radical (unpaired) electrons. The molecular formula is C16H24N2O3. The van der Waals surface area contributed by atoms with E-state index in [4.69, 9.17) is 14.6 Å². The molecule has 0 saturated carbocycles. The molecule has 0 spiro atoms. The molecule has 0 aliphatic rings. The zero-order valence-corrected chi connectivity index (χ0v) is 12.5. The first kappa shape index (κ1) is 16.0. The highest BCUT2D eigenvalue weighted by molar-refractivity contribution is 5.80. The van der Waals surface area contributed by atoms with Crippen LogP contribution in [-0.2, 0) is 22.6 Å². The smallest absolute Gasteiger partial charge is 0.0698 e. The molecule has 0 saturated heterocycles. The molecule has 5 nitrogen and oxygen atoms in total. The van der Waals surface area contributed by atoms with Gasteiger partial charge in [-0.2, -0.15) is 0 Å². The normalized spacial score (nSPS) is 11.3. The van der Waals surface area contributed by atoms with E-state index >= 15 is 0 Å². The van der Waals surface area contributed by atoms with Crippen molar-refractivity contribution in [3.05, 3.63) is 36.0 Å². The number of aromatic nitrogens is 1. The van der Waals surface area contributed by atoms with Crippen LogP contribution in [0.15, 0.2) is 30.5 Å². The lowest BCUT2D eigenvalue weighted by molar-refractivity contribution is 0.0875. The van der Waals surface area contributed by atoms with E-state index in [2.05, 4.69) is 40.3 Å². The van der Waals surface area contributed by atoms with Crippen LogP contribution in [0.5, 0.6) is 0 Å². The minimum absolute atomic E-state index is 0.0731. The molecule has 0 aliphatic carbocycles. The lowest BCUT2D eigenvalue weighted by Crippen LogP contribution is -2.18. The van der Waals surface area contributed by atoms with Gasteiger partial charge in [0, 0.05) is 38.5 Å². The van der Waals surface area contributed by atoms with Crippen LogP contribution in [0.2, 0.25) is 0 Å². The van der Waals surface area contributed by atoms with E-state index in [-0.39, 0.29) is 6.61 Å². The maximum Gasteiger partial charge on any atom is 0.0698 e. The Bertz CT molecular complexity index is 539. The van der Waals surface area contributed by atoms with E-state index in [0.29, 0.717) is 13.2 Å². The van der Waals surface area contributed by atoms with E-state index in [1.54, 1.807) is 7.11 Å². The fourth-order valence-electron chi connectivity index (χ4n) is 2.27. The highest BCUT2D eigenvalue weighted by Crippen LogP contribution is 2.17. The maximum atomic E-state index is 8.70. The summed E-state index contributed by atoms with van der Waals surface area (Å²) in [5.41, 5.74) is 2.48. The highest BCUT2D eigenvalue weighted by atomic mass is 16.5. The summed E-state index contributed by atoms with van der Waals surface area (Å²) in [6.45, 7) is 4.29. The van der Waals surface area contributed by atoms with Gasteiger partial charge in [0.2, 0.25) is 0 Å². The molecule has 0 unspecified atom stereocenters. The van der Waals surface area contributed by atoms with E-state index in [9.17, 15) is 0 Å². The highest BCUT2D eigenvalue weighted by Gasteiger charge is 2.02. The number of nitrogens with zero attached hydrogens (tertiary/aromatic N) is 1. The molecule has 0 bridgehead atoms. The van der Waals surface area contributed by atoms with Crippen molar-refractivity contribution >= 4 is 10.9 Å². The van der Waals surface area contributed by atoms with E-state index < -0.39 is 0 Å². The van der Waals surface area contributed by atoms with Gasteiger partial charge in [-0.25, -0.2) is 0 Å². The third kappa shape index (κ3) is 4.82. The summed E-state index contributed by atoms with van der Waals surface area (Å²) in [6, 6.07) is 8.62. The van der Waals surface area contributed by atoms with E-state index in [1.165, 1.54) is 16.5 Å². The fourth-order valence-corrected chi connectivity index (χ4v) is 2.27. The Hall–Kier alpha value is -1.40. The van der Waals surface area contributed by atoms with E-state index in [1.807, 2.05) is 0 Å². The first-order chi connectivity index (χ1) is 10.3. The van der Waals surface area contributed by atoms with Crippen molar-refractivity contribution in [1.82, 2.24) is 9.88 Å². The molecule has 0 fully saturated rings. The molecule has 0 aliphatic heterocycles. The number of nitrogens with one attached hydrogen (secondary N) is 1. The second-order valence-electron chi connectivity index (χ2n) is 4.91. The minimum Gasteiger partial charge on any atom is -0.394 e. The van der Waals surface area contributed by atoms with Gasteiger partial charge in [0.1, 0.15) is 0 Å². The van der Waals surface area contributed by atoms with Gasteiger partial charge in [-0.15, -0.1) is 0 Å². The molecule has 5 heteroatoms. The van der Waals surface area contributed by atoms with Gasteiger partial charge in [0.15, 0.2) is 0 Å². The zero-order valence-electron chi connectivity index (χ0n) is 12.5. The van der Waals surface area contributed by atoms with Crippen molar-refractivity contribution in [2.24, 2.45) is 0 Å². The number of benzene rings is 1. The molecule has 1 heterocycles. The predicted octanol–water partition coefficient (Wildman–Crippen LogP) is 1.39. The lowest BCUT2D eigenvalue weighted by Gasteiger charge is -2.08. The standard InChI is InChI=1S/C16H24N2O3/c1-20-9-5-17-13-14-2-3-15-4-6-18(16(15)12-14)7-10-21-11-8-19/h2-4,6,12,17,19H,5,7-11,13H2,1H3. The van der Waals surface area contributed by atoms with Gasteiger partial charge in [-0.05, 0) is 23.1 Å². The number of hydrogen-bond acceptors (Lipinski definition) is 4. The fraction of sp³-hybridized carbons (Fsp3) is 0.500. The molecule has 2 rings (SSSR count). The molecule has 2 N–H and O–H groups in total. The number of aliphatic hydroxyl groups is 1. The second kappa shape index (κ2) is 8.79. The third-order valence-corrected chi connectivity index (χ3v) is 3.36. The summed E-state index contributed by atoms with van der Waals surface area (Å²) < 4.78 is 12.5. The van der Waals surface area contributed by atoms with Crippen LogP contribution >= 0.6 is 0 Å². The molecule has 21 heavy (non-hydrogen) atoms. The molecule has 2 aromatic rings. The van der Waals surface area contributed by atoms with Crippen LogP contribution in [0.3, 0.4) is 0 Å². The number of rotatable bonds is 10. The summed E-state index contributed by atoms with van der Waals surface area (Å²) >= 11 is 0. The first-order valence-electron chi connectivity index (χ1n) is 7.31. The van der Waals surface area contributed by atoms with Crippen molar-refractivity contribution in [1.29, 1.82) is 0 Å². The summed E-state index contributed by atoms with van der Waals surface area (Å²) in [7, 11) is 1.71. The van der Waals surface area contributed by atoms with Crippen LogP contribution in [0.4, 0.5) is 0 Å². The van der Waals surface area contributed by atoms with Crippen LogP contribution in [0.25, 0.3) is 10.9 Å². The van der Waals surface area contributed by atoms with Crippen LogP contribution in [-0.4, -0.2) is 49.8 Å². The van der Waals surface area contributed by atoms with Crippen molar-refractivity contribution in [2.75, 3.05) is 40.1 Å². The van der Waals surface area contributed by atoms with Crippen molar-refractivity contribution in [3.8, 4) is 0 Å². The van der Waals surface area contributed by atoms with Gasteiger partial charge < -0.3 is 24.5 Å². The molecule has 116 valence electrons. The topological polar surface area (TPSA) is 55.7 Å². The zero-order chi connectivity index (χ0) is 14.9. The van der Waals surface area contributed by atoms with Gasteiger partial charge >= 0.3 is 0 Å². The Morgan fingerprint density at radius 2 is 2.10 bits per heavy atom.